The summed E-state index contributed by atoms with van der Waals surface area (Å²) < 4.78 is 33.4. The first-order chi connectivity index (χ1) is 16.2. The molecule has 2 aromatic carbocycles. The maximum absolute atomic E-state index is 13.8. The Labute approximate surface area is 208 Å². The zero-order valence-corrected chi connectivity index (χ0v) is 21.4. The van der Waals surface area contributed by atoms with Crippen LogP contribution in [0.25, 0.3) is 0 Å². The Morgan fingerprint density at radius 3 is 2.38 bits per heavy atom. The van der Waals surface area contributed by atoms with Gasteiger partial charge >= 0.3 is 5.97 Å². The first kappa shape index (κ1) is 25.3. The summed E-state index contributed by atoms with van der Waals surface area (Å²) in [6, 6.07) is 9.41. The van der Waals surface area contributed by atoms with E-state index in [2.05, 4.69) is 27.9 Å². The molecule has 2 bridgehead atoms. The van der Waals surface area contributed by atoms with Crippen molar-refractivity contribution in [1.29, 1.82) is 0 Å². The van der Waals surface area contributed by atoms with Gasteiger partial charge in [0.15, 0.2) is 0 Å². The second kappa shape index (κ2) is 9.67. The standard InChI is InChI=1S/C26H29F2NO3.CH3Br/c1-16-13-20(28)9-10-23(16)26(31,18-5-7-19(27)8-6-18)24(30)32-22-14-21-11-12-25(15-22,29(21)2)17-3-4-17;1-2/h5-10,13,17,21-22,31H,3-4,11-12,14-15H2,1-2H3;1H3. The molecule has 3 fully saturated rings. The van der Waals surface area contributed by atoms with Crippen LogP contribution in [0.3, 0.4) is 0 Å². The van der Waals surface area contributed by atoms with Crippen LogP contribution in [0, 0.1) is 24.5 Å². The van der Waals surface area contributed by atoms with Crippen LogP contribution >= 0.6 is 15.9 Å². The summed E-state index contributed by atoms with van der Waals surface area (Å²) in [5, 5.41) is 11.8. The highest BCUT2D eigenvalue weighted by molar-refractivity contribution is 9.08. The van der Waals surface area contributed by atoms with E-state index in [0.29, 0.717) is 17.5 Å². The van der Waals surface area contributed by atoms with E-state index >= 15 is 0 Å². The third-order valence-corrected chi connectivity index (χ3v) is 8.02. The molecule has 0 aromatic heterocycles. The van der Waals surface area contributed by atoms with E-state index in [0.717, 1.165) is 25.7 Å². The van der Waals surface area contributed by atoms with Crippen molar-refractivity contribution in [3.05, 3.63) is 70.8 Å². The Balaban J connectivity index is 0.00000133. The van der Waals surface area contributed by atoms with Crippen LogP contribution in [0.1, 0.15) is 55.2 Å². The highest BCUT2D eigenvalue weighted by atomic mass is 79.9. The molecule has 34 heavy (non-hydrogen) atoms. The molecule has 0 amide bonds. The predicted molar refractivity (Wildman–Crippen MR) is 131 cm³/mol. The van der Waals surface area contributed by atoms with E-state index < -0.39 is 23.2 Å². The molecule has 4 unspecified atom stereocenters. The van der Waals surface area contributed by atoms with Crippen LogP contribution in [0.5, 0.6) is 0 Å². The number of carbonyl (C=O) groups excluding carboxylic acids is 1. The molecule has 184 valence electrons. The molecule has 1 saturated carbocycles. The SMILES string of the molecule is CBr.Cc1cc(F)ccc1C(O)(C(=O)OC1CC2CCC(C3CC3)(C1)N2C)c1ccc(F)cc1. The van der Waals surface area contributed by atoms with Crippen LogP contribution in [0.2, 0.25) is 0 Å². The van der Waals surface area contributed by atoms with E-state index in [4.69, 9.17) is 4.74 Å². The average Bonchev–Trinajstić information content (AvgIpc) is 3.64. The predicted octanol–water partition coefficient (Wildman–Crippen LogP) is 5.47. The number of ether oxygens (including phenoxy) is 1. The van der Waals surface area contributed by atoms with Gasteiger partial charge in [-0.2, -0.15) is 0 Å². The van der Waals surface area contributed by atoms with Gasteiger partial charge in [0.1, 0.15) is 17.7 Å². The molecular weight excluding hydrogens is 504 g/mol. The Bertz CT molecular complexity index is 1040. The minimum atomic E-state index is -2.15. The molecule has 4 atom stereocenters. The van der Waals surface area contributed by atoms with Gasteiger partial charge < -0.3 is 9.84 Å². The van der Waals surface area contributed by atoms with Crippen molar-refractivity contribution in [2.45, 2.75) is 68.7 Å². The van der Waals surface area contributed by atoms with Crippen molar-refractivity contribution >= 4 is 21.9 Å². The number of rotatable bonds is 5. The number of fused-ring (bicyclic) bond motifs is 2. The number of hydrogen-bond donors (Lipinski definition) is 1. The number of halogens is 3. The van der Waals surface area contributed by atoms with Gasteiger partial charge in [0.25, 0.3) is 0 Å². The van der Waals surface area contributed by atoms with Crippen LogP contribution in [0.4, 0.5) is 8.78 Å². The lowest BCUT2D eigenvalue weighted by atomic mass is 9.81. The number of esters is 1. The van der Waals surface area contributed by atoms with Crippen molar-refractivity contribution in [1.82, 2.24) is 4.90 Å². The third kappa shape index (κ3) is 4.31. The second-order valence-corrected chi connectivity index (χ2v) is 9.82. The number of carbonyl (C=O) groups is 1. The summed E-state index contributed by atoms with van der Waals surface area (Å²) in [5.41, 5.74) is -1.21. The molecule has 7 heteroatoms. The molecule has 1 N–H and O–H groups in total. The molecule has 2 saturated heterocycles. The fraction of sp³-hybridized carbons (Fsp3) is 0.519. The quantitative estimate of drug-likeness (QED) is 0.407. The van der Waals surface area contributed by atoms with Crippen molar-refractivity contribution in [2.75, 3.05) is 12.9 Å². The molecule has 2 heterocycles. The number of alkyl halides is 1. The van der Waals surface area contributed by atoms with Crippen LogP contribution in [-0.4, -0.2) is 46.5 Å². The van der Waals surface area contributed by atoms with E-state index in [1.165, 1.54) is 55.3 Å². The Morgan fingerprint density at radius 1 is 1.12 bits per heavy atom. The largest absolute Gasteiger partial charge is 0.460 e. The fourth-order valence-electron chi connectivity index (χ4n) is 6.17. The first-order valence-electron chi connectivity index (χ1n) is 11.8. The summed E-state index contributed by atoms with van der Waals surface area (Å²) in [6.07, 6.45) is 5.85. The van der Waals surface area contributed by atoms with Crippen molar-refractivity contribution in [2.24, 2.45) is 5.92 Å². The number of benzene rings is 2. The van der Waals surface area contributed by atoms with Crippen molar-refractivity contribution < 1.29 is 23.4 Å². The van der Waals surface area contributed by atoms with Gasteiger partial charge in [0, 0.05) is 30.0 Å². The zero-order chi connectivity index (χ0) is 24.7. The van der Waals surface area contributed by atoms with Gasteiger partial charge in [-0.25, -0.2) is 13.6 Å². The number of aliphatic hydroxyl groups is 1. The van der Waals surface area contributed by atoms with Crippen LogP contribution in [-0.2, 0) is 15.1 Å². The van der Waals surface area contributed by atoms with E-state index in [-0.39, 0.29) is 22.8 Å². The maximum atomic E-state index is 13.8. The van der Waals surface area contributed by atoms with Gasteiger partial charge in [-0.05, 0) is 86.8 Å². The van der Waals surface area contributed by atoms with Gasteiger partial charge in [0.2, 0.25) is 5.60 Å². The minimum Gasteiger partial charge on any atom is -0.460 e. The van der Waals surface area contributed by atoms with Gasteiger partial charge in [-0.15, -0.1) is 0 Å². The maximum Gasteiger partial charge on any atom is 0.347 e. The number of aryl methyl sites for hydroxylation is 1. The second-order valence-electron chi connectivity index (χ2n) is 9.82. The molecule has 1 aliphatic carbocycles. The van der Waals surface area contributed by atoms with E-state index in [1.54, 1.807) is 6.92 Å². The highest BCUT2D eigenvalue weighted by Crippen LogP contribution is 2.55. The molecule has 2 aromatic rings. The summed E-state index contributed by atoms with van der Waals surface area (Å²) in [5.74, 6) is 0.735. The summed E-state index contributed by atoms with van der Waals surface area (Å²) in [7, 11) is 2.19. The summed E-state index contributed by atoms with van der Waals surface area (Å²) >= 11 is 2.94. The third-order valence-electron chi connectivity index (χ3n) is 8.02. The Kier molecular flexibility index (Phi) is 7.19. The van der Waals surface area contributed by atoms with Crippen LogP contribution < -0.4 is 0 Å². The number of hydrogen-bond acceptors (Lipinski definition) is 4. The zero-order valence-electron chi connectivity index (χ0n) is 19.9. The van der Waals surface area contributed by atoms with Crippen LogP contribution in [0.15, 0.2) is 42.5 Å². The highest BCUT2D eigenvalue weighted by Gasteiger charge is 2.58. The lowest BCUT2D eigenvalue weighted by Gasteiger charge is -2.46. The lowest BCUT2D eigenvalue weighted by Crippen LogP contribution is -2.55. The topological polar surface area (TPSA) is 49.8 Å². The summed E-state index contributed by atoms with van der Waals surface area (Å²) in [6.45, 7) is 1.64. The number of piperidine rings is 1. The molecule has 0 radical (unpaired) electrons. The van der Waals surface area contributed by atoms with Gasteiger partial charge in [-0.1, -0.05) is 34.1 Å². The number of nitrogens with zero attached hydrogens (tertiary/aromatic N) is 1. The lowest BCUT2D eigenvalue weighted by molar-refractivity contribution is -0.173. The van der Waals surface area contributed by atoms with Gasteiger partial charge in [-0.3, -0.25) is 4.90 Å². The fourth-order valence-corrected chi connectivity index (χ4v) is 6.17. The molecule has 0 spiro atoms. The average molecular weight is 536 g/mol. The molecular formula is C27H32BrF2NO3. The molecule has 2 aliphatic heterocycles. The normalized spacial score (nSPS) is 28.0. The van der Waals surface area contributed by atoms with E-state index in [9.17, 15) is 18.7 Å². The minimum absolute atomic E-state index is 0.0770. The molecule has 5 rings (SSSR count). The van der Waals surface area contributed by atoms with Gasteiger partial charge in [0.05, 0.1) is 0 Å². The smallest absolute Gasteiger partial charge is 0.347 e. The van der Waals surface area contributed by atoms with Crippen molar-refractivity contribution in [3.63, 3.8) is 0 Å². The first-order valence-corrected chi connectivity index (χ1v) is 13.4. The monoisotopic (exact) mass is 535 g/mol. The van der Waals surface area contributed by atoms with E-state index in [1.807, 2.05) is 5.83 Å². The van der Waals surface area contributed by atoms with Crippen molar-refractivity contribution in [3.8, 4) is 0 Å². The molecule has 4 nitrogen and oxygen atoms in total. The Hall–Kier alpha value is -1.83. The Morgan fingerprint density at radius 2 is 1.76 bits per heavy atom. The molecule has 3 aliphatic rings. The summed E-state index contributed by atoms with van der Waals surface area (Å²) in [4.78, 5) is 16.1.